The molecule has 1 aromatic heterocycles. The lowest BCUT2D eigenvalue weighted by atomic mass is 10.5. The van der Waals surface area contributed by atoms with Gasteiger partial charge >= 0.3 is 0 Å². The fraction of sp³-hybridized carbons (Fsp3) is 0.167. The Morgan fingerprint density at radius 2 is 2.10 bits per heavy atom. The third-order valence-electron chi connectivity index (χ3n) is 0.787. The van der Waals surface area contributed by atoms with Crippen LogP contribution in [0.3, 0.4) is 0 Å². The van der Waals surface area contributed by atoms with Gasteiger partial charge in [0.1, 0.15) is 5.82 Å². The molecule has 0 fully saturated rings. The van der Waals surface area contributed by atoms with Gasteiger partial charge in [0.05, 0.1) is 5.02 Å². The van der Waals surface area contributed by atoms with Crippen molar-refractivity contribution < 1.29 is 0 Å². The van der Waals surface area contributed by atoms with Gasteiger partial charge in [0.25, 0.3) is 0 Å². The van der Waals surface area contributed by atoms with E-state index < -0.39 is 0 Å². The molecule has 10 heavy (non-hydrogen) atoms. The maximum absolute atomic E-state index is 5.52. The fourth-order valence-corrected chi connectivity index (χ4v) is 0.519. The first-order chi connectivity index (χ1) is 4.80. The summed E-state index contributed by atoms with van der Waals surface area (Å²) < 4.78 is 0. The van der Waals surface area contributed by atoms with Crippen LogP contribution in [0.2, 0.25) is 5.02 Å². The Labute approximate surface area is 65.0 Å². The lowest BCUT2D eigenvalue weighted by molar-refractivity contribution is 1.34. The zero-order valence-electron chi connectivity index (χ0n) is 5.71. The number of halogens is 1. The molecule has 0 atom stereocenters. The van der Waals surface area contributed by atoms with Crippen LogP contribution in [0, 0.1) is 0 Å². The minimum Gasteiger partial charge on any atom is -0.382 e. The van der Waals surface area contributed by atoms with Gasteiger partial charge in [-0.2, -0.15) is 0 Å². The van der Waals surface area contributed by atoms with Crippen LogP contribution in [-0.2, 0) is 0 Å². The summed E-state index contributed by atoms with van der Waals surface area (Å²) in [6.07, 6.45) is 1.60. The largest absolute Gasteiger partial charge is 0.382 e. The van der Waals surface area contributed by atoms with Crippen molar-refractivity contribution in [3.05, 3.63) is 23.4 Å². The van der Waals surface area contributed by atoms with E-state index in [2.05, 4.69) is 10.7 Å². The number of anilines is 1. The predicted molar refractivity (Wildman–Crippen MR) is 43.8 cm³/mol. The average molecular weight is 160 g/mol. The number of pyridine rings is 1. The lowest BCUT2D eigenvalue weighted by Crippen LogP contribution is -1.87. The topological polar surface area (TPSA) is 64.9 Å². The predicted octanol–water partition coefficient (Wildman–Crippen LogP) is 0.892. The van der Waals surface area contributed by atoms with Crippen LogP contribution in [0.4, 0.5) is 5.82 Å². The third-order valence-corrected chi connectivity index (χ3v) is 1.11. The quantitative estimate of drug-likeness (QED) is 0.591. The Bertz CT molecular complexity index is 169. The van der Waals surface area contributed by atoms with E-state index in [0.717, 1.165) is 0 Å². The normalized spacial score (nSPS) is 7.90. The molecule has 4 heteroatoms. The minimum absolute atomic E-state index is 0.383. The van der Waals surface area contributed by atoms with E-state index in [1.807, 2.05) is 0 Å². The van der Waals surface area contributed by atoms with Gasteiger partial charge in [0.2, 0.25) is 0 Å². The lowest BCUT2D eigenvalue weighted by Gasteiger charge is -1.90. The van der Waals surface area contributed by atoms with Gasteiger partial charge in [0.15, 0.2) is 0 Å². The highest BCUT2D eigenvalue weighted by molar-refractivity contribution is 6.32. The van der Waals surface area contributed by atoms with Gasteiger partial charge in [-0.3, -0.25) is 0 Å². The molecule has 0 aliphatic heterocycles. The van der Waals surface area contributed by atoms with Crippen molar-refractivity contribution in [1.29, 1.82) is 0 Å². The molecule has 0 spiro atoms. The number of nitrogens with two attached hydrogens (primary N) is 2. The molecule has 0 aliphatic rings. The Morgan fingerprint density at radius 1 is 1.50 bits per heavy atom. The molecule has 0 saturated heterocycles. The standard InChI is InChI=1S/C5H5ClN2.CH5N/c6-4-2-1-3-8-5(4)7;1-2/h1-3H,(H2,7,8);2H2,1H3. The van der Waals surface area contributed by atoms with Crippen molar-refractivity contribution in [3.63, 3.8) is 0 Å². The number of hydrogen-bond donors (Lipinski definition) is 2. The van der Waals surface area contributed by atoms with E-state index in [4.69, 9.17) is 17.3 Å². The third kappa shape index (κ3) is 2.66. The summed E-state index contributed by atoms with van der Waals surface area (Å²) in [6, 6.07) is 3.43. The SMILES string of the molecule is CN.Nc1ncccc1Cl. The van der Waals surface area contributed by atoms with E-state index in [-0.39, 0.29) is 0 Å². The zero-order valence-corrected chi connectivity index (χ0v) is 6.47. The van der Waals surface area contributed by atoms with Gasteiger partial charge in [0, 0.05) is 6.20 Å². The van der Waals surface area contributed by atoms with Crippen LogP contribution in [0.1, 0.15) is 0 Å². The molecule has 0 unspecified atom stereocenters. The Kier molecular flexibility index (Phi) is 4.62. The maximum Gasteiger partial charge on any atom is 0.142 e. The molecule has 0 bridgehead atoms. The first-order valence-corrected chi connectivity index (χ1v) is 3.12. The number of nitrogen functional groups attached to an aromatic ring is 1. The Morgan fingerprint density at radius 3 is 2.40 bits per heavy atom. The molecule has 0 aromatic carbocycles. The summed E-state index contributed by atoms with van der Waals surface area (Å²) >= 11 is 5.52. The number of aromatic nitrogens is 1. The number of rotatable bonds is 0. The Balaban J connectivity index is 0.000000371. The first-order valence-electron chi connectivity index (χ1n) is 2.74. The molecule has 0 amide bonds. The summed E-state index contributed by atoms with van der Waals surface area (Å²) in [5, 5.41) is 0.507. The van der Waals surface area contributed by atoms with Gasteiger partial charge in [-0.25, -0.2) is 4.98 Å². The summed E-state index contributed by atoms with van der Waals surface area (Å²) in [5.74, 6) is 0.383. The monoisotopic (exact) mass is 159 g/mol. The van der Waals surface area contributed by atoms with Crippen molar-refractivity contribution in [2.75, 3.05) is 12.8 Å². The van der Waals surface area contributed by atoms with Crippen molar-refractivity contribution in [1.82, 2.24) is 4.98 Å². The molecule has 56 valence electrons. The van der Waals surface area contributed by atoms with E-state index in [9.17, 15) is 0 Å². The smallest absolute Gasteiger partial charge is 0.142 e. The summed E-state index contributed by atoms with van der Waals surface area (Å²) in [7, 11) is 1.50. The molecular formula is C6H10ClN3. The van der Waals surface area contributed by atoms with Gasteiger partial charge in [-0.05, 0) is 19.2 Å². The fourth-order valence-electron chi connectivity index (χ4n) is 0.398. The maximum atomic E-state index is 5.52. The minimum atomic E-state index is 0.383. The van der Waals surface area contributed by atoms with Crippen LogP contribution >= 0.6 is 11.6 Å². The van der Waals surface area contributed by atoms with Crippen LogP contribution in [0.25, 0.3) is 0 Å². The zero-order chi connectivity index (χ0) is 7.98. The van der Waals surface area contributed by atoms with E-state index in [1.54, 1.807) is 18.3 Å². The molecular weight excluding hydrogens is 150 g/mol. The van der Waals surface area contributed by atoms with Crippen molar-refractivity contribution in [3.8, 4) is 0 Å². The summed E-state index contributed by atoms with van der Waals surface area (Å²) in [4.78, 5) is 3.72. The van der Waals surface area contributed by atoms with E-state index >= 15 is 0 Å². The highest BCUT2D eigenvalue weighted by Gasteiger charge is 1.89. The second kappa shape index (κ2) is 5.02. The summed E-state index contributed by atoms with van der Waals surface area (Å²) in [5.41, 5.74) is 9.78. The second-order valence-corrected chi connectivity index (χ2v) is 1.78. The van der Waals surface area contributed by atoms with Crippen LogP contribution in [0.15, 0.2) is 18.3 Å². The second-order valence-electron chi connectivity index (χ2n) is 1.37. The molecule has 3 nitrogen and oxygen atoms in total. The van der Waals surface area contributed by atoms with Crippen LogP contribution in [-0.4, -0.2) is 12.0 Å². The highest BCUT2D eigenvalue weighted by atomic mass is 35.5. The van der Waals surface area contributed by atoms with Crippen LogP contribution < -0.4 is 11.5 Å². The van der Waals surface area contributed by atoms with Gasteiger partial charge in [-0.1, -0.05) is 11.6 Å². The molecule has 0 aliphatic carbocycles. The molecule has 1 rings (SSSR count). The summed E-state index contributed by atoms with van der Waals surface area (Å²) in [6.45, 7) is 0. The molecule has 0 radical (unpaired) electrons. The van der Waals surface area contributed by atoms with Crippen molar-refractivity contribution in [2.24, 2.45) is 5.73 Å². The van der Waals surface area contributed by atoms with Gasteiger partial charge in [-0.15, -0.1) is 0 Å². The highest BCUT2D eigenvalue weighted by Crippen LogP contribution is 2.12. The molecule has 1 heterocycles. The average Bonchev–Trinajstić information content (AvgIpc) is 2.00. The molecule has 0 saturated carbocycles. The first kappa shape index (κ1) is 9.20. The van der Waals surface area contributed by atoms with E-state index in [0.29, 0.717) is 10.8 Å². The van der Waals surface area contributed by atoms with Crippen molar-refractivity contribution in [2.45, 2.75) is 0 Å². The van der Waals surface area contributed by atoms with Crippen molar-refractivity contribution >= 4 is 17.4 Å². The molecule has 1 aromatic rings. The number of hydrogen-bond acceptors (Lipinski definition) is 3. The molecule has 4 N–H and O–H groups in total. The van der Waals surface area contributed by atoms with Crippen LogP contribution in [0.5, 0.6) is 0 Å². The van der Waals surface area contributed by atoms with E-state index in [1.165, 1.54) is 7.05 Å². The van der Waals surface area contributed by atoms with Gasteiger partial charge < -0.3 is 11.5 Å². The Hall–Kier alpha value is -0.800. The number of nitrogens with zero attached hydrogens (tertiary/aromatic N) is 1.